The van der Waals surface area contributed by atoms with Gasteiger partial charge in [0.05, 0.1) is 0 Å². The first-order valence-electron chi connectivity index (χ1n) is 5.61. The molecule has 0 aromatic heterocycles. The van der Waals surface area contributed by atoms with Gasteiger partial charge in [0, 0.05) is 11.8 Å². The van der Waals surface area contributed by atoms with Crippen LogP contribution in [0.3, 0.4) is 0 Å². The average molecular weight is 261 g/mol. The molecular formula is C14H12FNO3. The maximum atomic E-state index is 13.6. The summed E-state index contributed by atoms with van der Waals surface area (Å²) < 4.78 is 19.0. The quantitative estimate of drug-likeness (QED) is 0.885. The third kappa shape index (κ3) is 3.70. The summed E-state index contributed by atoms with van der Waals surface area (Å²) in [5, 5.41) is 10.6. The van der Waals surface area contributed by atoms with Gasteiger partial charge in [-0.15, -0.1) is 0 Å². The van der Waals surface area contributed by atoms with E-state index in [0.29, 0.717) is 0 Å². The fraction of sp³-hybridized carbons (Fsp3) is 0.0714. The van der Waals surface area contributed by atoms with Gasteiger partial charge in [-0.05, 0) is 17.7 Å². The lowest BCUT2D eigenvalue weighted by atomic mass is 10.2. The summed E-state index contributed by atoms with van der Waals surface area (Å²) in [4.78, 5) is 10.4. The third-order valence-corrected chi connectivity index (χ3v) is 2.42. The van der Waals surface area contributed by atoms with E-state index in [1.54, 1.807) is 0 Å². The van der Waals surface area contributed by atoms with Crippen molar-refractivity contribution in [2.75, 3.05) is 5.32 Å². The number of amides is 1. The number of nitrogens with one attached hydrogen (secondary N) is 1. The van der Waals surface area contributed by atoms with Crippen LogP contribution in [-0.2, 0) is 6.61 Å². The van der Waals surface area contributed by atoms with Gasteiger partial charge in [0.15, 0.2) is 11.6 Å². The van der Waals surface area contributed by atoms with Crippen molar-refractivity contribution in [3.63, 3.8) is 0 Å². The molecule has 0 radical (unpaired) electrons. The van der Waals surface area contributed by atoms with E-state index in [1.165, 1.54) is 12.1 Å². The van der Waals surface area contributed by atoms with Crippen LogP contribution in [0, 0.1) is 5.82 Å². The molecule has 0 saturated heterocycles. The first-order valence-corrected chi connectivity index (χ1v) is 5.61. The molecule has 0 fully saturated rings. The molecule has 2 aromatic rings. The number of rotatable bonds is 4. The highest BCUT2D eigenvalue weighted by Gasteiger charge is 2.06. The molecule has 4 nitrogen and oxygen atoms in total. The Morgan fingerprint density at radius 1 is 1.21 bits per heavy atom. The predicted octanol–water partition coefficient (Wildman–Crippen LogP) is 3.49. The normalized spacial score (nSPS) is 9.95. The van der Waals surface area contributed by atoms with Gasteiger partial charge in [0.25, 0.3) is 0 Å². The van der Waals surface area contributed by atoms with Gasteiger partial charge in [-0.2, -0.15) is 0 Å². The summed E-state index contributed by atoms with van der Waals surface area (Å²) in [5.74, 6) is -0.526. The summed E-state index contributed by atoms with van der Waals surface area (Å²) in [5.41, 5.74) is 1.09. The maximum Gasteiger partial charge on any atom is 0.409 e. The van der Waals surface area contributed by atoms with Crippen molar-refractivity contribution >= 4 is 11.8 Å². The van der Waals surface area contributed by atoms with Crippen LogP contribution < -0.4 is 10.1 Å². The molecule has 1 amide bonds. The van der Waals surface area contributed by atoms with Crippen molar-refractivity contribution in [3.8, 4) is 5.75 Å². The van der Waals surface area contributed by atoms with Gasteiger partial charge in [0.2, 0.25) is 0 Å². The Bertz CT molecular complexity index is 572. The molecule has 98 valence electrons. The second-order valence-electron chi connectivity index (χ2n) is 3.85. The third-order valence-electron chi connectivity index (χ3n) is 2.42. The van der Waals surface area contributed by atoms with Gasteiger partial charge in [-0.1, -0.05) is 30.3 Å². The van der Waals surface area contributed by atoms with E-state index in [-0.39, 0.29) is 18.0 Å². The molecule has 0 heterocycles. The molecule has 0 aliphatic heterocycles. The largest absolute Gasteiger partial charge is 0.486 e. The summed E-state index contributed by atoms with van der Waals surface area (Å²) in [6.07, 6.45) is -1.24. The van der Waals surface area contributed by atoms with E-state index in [0.717, 1.165) is 11.6 Å². The van der Waals surface area contributed by atoms with Crippen molar-refractivity contribution in [2.24, 2.45) is 0 Å². The number of benzene rings is 2. The van der Waals surface area contributed by atoms with Gasteiger partial charge < -0.3 is 9.84 Å². The molecule has 0 aliphatic carbocycles. The van der Waals surface area contributed by atoms with E-state index in [4.69, 9.17) is 9.84 Å². The zero-order chi connectivity index (χ0) is 13.7. The van der Waals surface area contributed by atoms with E-state index < -0.39 is 11.9 Å². The summed E-state index contributed by atoms with van der Waals surface area (Å²) in [7, 11) is 0. The molecule has 0 aliphatic rings. The minimum atomic E-state index is -1.24. The van der Waals surface area contributed by atoms with Gasteiger partial charge in [-0.25, -0.2) is 9.18 Å². The van der Waals surface area contributed by atoms with Gasteiger partial charge in [-0.3, -0.25) is 5.32 Å². The zero-order valence-electron chi connectivity index (χ0n) is 9.97. The zero-order valence-corrected chi connectivity index (χ0v) is 9.97. The van der Waals surface area contributed by atoms with Crippen LogP contribution in [0.25, 0.3) is 0 Å². The lowest BCUT2D eigenvalue weighted by Gasteiger charge is -2.08. The molecule has 2 aromatic carbocycles. The van der Waals surface area contributed by atoms with Crippen LogP contribution >= 0.6 is 0 Å². The minimum Gasteiger partial charge on any atom is -0.486 e. The second-order valence-corrected chi connectivity index (χ2v) is 3.85. The van der Waals surface area contributed by atoms with Crippen LogP contribution in [-0.4, -0.2) is 11.2 Å². The highest BCUT2D eigenvalue weighted by atomic mass is 19.1. The lowest BCUT2D eigenvalue weighted by molar-refractivity contribution is 0.209. The maximum absolute atomic E-state index is 13.6. The Balaban J connectivity index is 2.03. The Morgan fingerprint density at radius 2 is 1.95 bits per heavy atom. The monoisotopic (exact) mass is 261 g/mol. The molecule has 0 spiro atoms. The van der Waals surface area contributed by atoms with E-state index in [1.807, 2.05) is 30.3 Å². The smallest absolute Gasteiger partial charge is 0.409 e. The number of ether oxygens (including phenoxy) is 1. The SMILES string of the molecule is O=C(O)Nc1ccc(OCc2ccccc2)c(F)c1. The molecular weight excluding hydrogens is 249 g/mol. The number of hydrogen-bond acceptors (Lipinski definition) is 2. The van der Waals surface area contributed by atoms with Crippen molar-refractivity contribution in [3.05, 3.63) is 59.9 Å². The van der Waals surface area contributed by atoms with Crippen LogP contribution in [0.5, 0.6) is 5.75 Å². The van der Waals surface area contributed by atoms with Crippen molar-refractivity contribution in [1.82, 2.24) is 0 Å². The number of carbonyl (C=O) groups is 1. The Hall–Kier alpha value is -2.56. The molecule has 0 unspecified atom stereocenters. The highest BCUT2D eigenvalue weighted by molar-refractivity contribution is 5.82. The molecule has 5 heteroatoms. The molecule has 0 bridgehead atoms. The first kappa shape index (κ1) is 12.9. The molecule has 0 atom stereocenters. The van der Waals surface area contributed by atoms with E-state index >= 15 is 0 Å². The number of halogens is 1. The summed E-state index contributed by atoms with van der Waals surface area (Å²) >= 11 is 0. The fourth-order valence-electron chi connectivity index (χ4n) is 1.55. The topological polar surface area (TPSA) is 58.6 Å². The Kier molecular flexibility index (Phi) is 3.97. The molecule has 0 saturated carbocycles. The van der Waals surface area contributed by atoms with Crippen molar-refractivity contribution < 1.29 is 19.0 Å². The van der Waals surface area contributed by atoms with Crippen molar-refractivity contribution in [2.45, 2.75) is 6.61 Å². The Morgan fingerprint density at radius 3 is 2.58 bits per heavy atom. The van der Waals surface area contributed by atoms with Crippen LogP contribution in [0.2, 0.25) is 0 Å². The molecule has 19 heavy (non-hydrogen) atoms. The van der Waals surface area contributed by atoms with Crippen LogP contribution in [0.1, 0.15) is 5.56 Å². The Labute approximate surface area is 109 Å². The summed E-state index contributed by atoms with van der Waals surface area (Å²) in [6.45, 7) is 0.253. The standard InChI is InChI=1S/C14H12FNO3/c15-12-8-11(16-14(17)18)6-7-13(12)19-9-10-4-2-1-3-5-10/h1-8,16H,9H2,(H,17,18). The molecule has 2 N–H and O–H groups in total. The second kappa shape index (κ2) is 5.86. The van der Waals surface area contributed by atoms with E-state index in [9.17, 15) is 9.18 Å². The number of anilines is 1. The summed E-state index contributed by atoms with van der Waals surface area (Å²) in [6, 6.07) is 13.3. The van der Waals surface area contributed by atoms with Gasteiger partial charge in [0.1, 0.15) is 6.61 Å². The predicted molar refractivity (Wildman–Crippen MR) is 68.8 cm³/mol. The first-order chi connectivity index (χ1) is 9.15. The molecule has 2 rings (SSSR count). The highest BCUT2D eigenvalue weighted by Crippen LogP contribution is 2.22. The fourth-order valence-corrected chi connectivity index (χ4v) is 1.55. The number of hydrogen-bond donors (Lipinski definition) is 2. The van der Waals surface area contributed by atoms with Crippen LogP contribution in [0.4, 0.5) is 14.9 Å². The van der Waals surface area contributed by atoms with E-state index in [2.05, 4.69) is 5.32 Å². The van der Waals surface area contributed by atoms with Gasteiger partial charge >= 0.3 is 6.09 Å². The van der Waals surface area contributed by atoms with Crippen LogP contribution in [0.15, 0.2) is 48.5 Å². The number of carboxylic acid groups (broad SMARTS) is 1. The van der Waals surface area contributed by atoms with Crippen molar-refractivity contribution in [1.29, 1.82) is 0 Å². The lowest BCUT2D eigenvalue weighted by Crippen LogP contribution is -2.07. The minimum absolute atomic E-state index is 0.0831. The average Bonchev–Trinajstić information content (AvgIpc) is 2.38.